The molecule has 2 aromatic heterocycles. The number of amides is 1. The van der Waals surface area contributed by atoms with E-state index >= 15 is 0 Å². The number of anilines is 3. The first-order valence-electron chi connectivity index (χ1n) is 8.59. The summed E-state index contributed by atoms with van der Waals surface area (Å²) >= 11 is 0. The Hall–Kier alpha value is -3.75. The number of rotatable bonds is 6. The molecule has 144 valence electrons. The van der Waals surface area contributed by atoms with Gasteiger partial charge in [-0.05, 0) is 39.0 Å². The van der Waals surface area contributed by atoms with Crippen LogP contribution >= 0.6 is 0 Å². The van der Waals surface area contributed by atoms with E-state index in [0.717, 1.165) is 0 Å². The molecule has 0 unspecified atom stereocenters. The minimum atomic E-state index is -0.513. The van der Waals surface area contributed by atoms with Crippen molar-refractivity contribution in [3.8, 4) is 0 Å². The van der Waals surface area contributed by atoms with Crippen LogP contribution in [0.15, 0.2) is 40.9 Å². The van der Waals surface area contributed by atoms with Crippen molar-refractivity contribution in [3.63, 3.8) is 0 Å². The summed E-state index contributed by atoms with van der Waals surface area (Å²) in [6, 6.07) is 9.83. The van der Waals surface area contributed by atoms with Crippen molar-refractivity contribution in [3.05, 3.63) is 59.1 Å². The first-order chi connectivity index (χ1) is 13.5. The molecule has 0 fully saturated rings. The van der Waals surface area contributed by atoms with Gasteiger partial charge in [0.25, 0.3) is 5.91 Å². The molecule has 0 radical (unpaired) electrons. The number of nitrogens with zero attached hydrogens (tertiary/aromatic N) is 3. The average molecular weight is 381 g/mol. The van der Waals surface area contributed by atoms with Crippen LogP contribution in [0.1, 0.15) is 39.2 Å². The second kappa shape index (κ2) is 8.30. The lowest BCUT2D eigenvalue weighted by Crippen LogP contribution is -2.18. The first-order valence-corrected chi connectivity index (χ1v) is 8.59. The van der Waals surface area contributed by atoms with Crippen molar-refractivity contribution >= 4 is 29.3 Å². The predicted octanol–water partition coefficient (Wildman–Crippen LogP) is 3.25. The number of carbonyl (C=O) groups is 2. The fourth-order valence-corrected chi connectivity index (χ4v) is 2.45. The molecule has 0 aliphatic heterocycles. The highest BCUT2D eigenvalue weighted by Crippen LogP contribution is 2.18. The molecule has 2 heterocycles. The lowest BCUT2D eigenvalue weighted by atomic mass is 10.1. The Morgan fingerprint density at radius 1 is 1.14 bits per heavy atom. The fourth-order valence-electron chi connectivity index (χ4n) is 2.45. The largest absolute Gasteiger partial charge is 0.462 e. The first kappa shape index (κ1) is 19.0. The van der Waals surface area contributed by atoms with Crippen LogP contribution in [0.2, 0.25) is 0 Å². The number of ether oxygens (including phenoxy) is 1. The van der Waals surface area contributed by atoms with Crippen LogP contribution in [0.4, 0.5) is 17.5 Å². The van der Waals surface area contributed by atoms with E-state index in [2.05, 4.69) is 25.8 Å². The number of benzene rings is 1. The third kappa shape index (κ3) is 4.50. The summed E-state index contributed by atoms with van der Waals surface area (Å²) in [5, 5.41) is 9.40. The molecule has 9 heteroatoms. The molecule has 0 aliphatic carbocycles. The summed E-state index contributed by atoms with van der Waals surface area (Å²) in [7, 11) is 0. The maximum absolute atomic E-state index is 12.7. The molecule has 0 saturated carbocycles. The molecular formula is C19H19N5O4. The Balaban J connectivity index is 1.82. The van der Waals surface area contributed by atoms with Gasteiger partial charge in [0.1, 0.15) is 11.5 Å². The molecule has 2 N–H and O–H groups in total. The second-order valence-electron chi connectivity index (χ2n) is 5.89. The van der Waals surface area contributed by atoms with Crippen LogP contribution in [0, 0.1) is 13.8 Å². The quantitative estimate of drug-likeness (QED) is 0.625. The number of esters is 1. The zero-order chi connectivity index (χ0) is 20.1. The van der Waals surface area contributed by atoms with Gasteiger partial charge in [0.05, 0.1) is 17.9 Å². The summed E-state index contributed by atoms with van der Waals surface area (Å²) < 4.78 is 10.0. The van der Waals surface area contributed by atoms with Crippen LogP contribution in [0.25, 0.3) is 0 Å². The van der Waals surface area contributed by atoms with Gasteiger partial charge in [-0.1, -0.05) is 17.3 Å². The maximum atomic E-state index is 12.7. The van der Waals surface area contributed by atoms with Crippen molar-refractivity contribution in [2.75, 3.05) is 17.2 Å². The highest BCUT2D eigenvalue weighted by molar-refractivity contribution is 6.07. The third-order valence-corrected chi connectivity index (χ3v) is 3.63. The van der Waals surface area contributed by atoms with Crippen LogP contribution in [0.5, 0.6) is 0 Å². The van der Waals surface area contributed by atoms with Crippen LogP contribution in [-0.2, 0) is 4.74 Å². The molecule has 0 bridgehead atoms. The van der Waals surface area contributed by atoms with E-state index in [4.69, 9.17) is 9.26 Å². The second-order valence-corrected chi connectivity index (χ2v) is 5.89. The Labute approximate surface area is 161 Å². The molecule has 0 spiro atoms. The number of hydrogen-bond acceptors (Lipinski definition) is 8. The lowest BCUT2D eigenvalue weighted by molar-refractivity contribution is 0.0527. The molecule has 28 heavy (non-hydrogen) atoms. The molecule has 1 aromatic carbocycles. The fraction of sp³-hybridized carbons (Fsp3) is 0.211. The SMILES string of the molecule is CCOC(=O)c1ccccc1NC(=O)c1cc(C)nc(Nc2cc(C)on2)n1. The number of para-hydroxylation sites is 1. The van der Waals surface area contributed by atoms with Crippen molar-refractivity contribution in [1.82, 2.24) is 15.1 Å². The molecule has 0 aliphatic rings. The van der Waals surface area contributed by atoms with Crippen LogP contribution in [-0.4, -0.2) is 33.6 Å². The summed E-state index contributed by atoms with van der Waals surface area (Å²) in [6.45, 7) is 5.45. The van der Waals surface area contributed by atoms with Crippen molar-refractivity contribution in [2.24, 2.45) is 0 Å². The zero-order valence-electron chi connectivity index (χ0n) is 15.6. The Bertz CT molecular complexity index is 1020. The summed E-state index contributed by atoms with van der Waals surface area (Å²) in [4.78, 5) is 33.2. The van der Waals surface area contributed by atoms with Crippen molar-refractivity contribution in [1.29, 1.82) is 0 Å². The lowest BCUT2D eigenvalue weighted by Gasteiger charge is -2.11. The Kier molecular flexibility index (Phi) is 5.64. The highest BCUT2D eigenvalue weighted by atomic mass is 16.5. The van der Waals surface area contributed by atoms with E-state index < -0.39 is 11.9 Å². The van der Waals surface area contributed by atoms with Gasteiger partial charge in [-0.2, -0.15) is 0 Å². The van der Waals surface area contributed by atoms with E-state index in [1.807, 2.05) is 0 Å². The van der Waals surface area contributed by atoms with Gasteiger partial charge in [-0.3, -0.25) is 4.79 Å². The molecular weight excluding hydrogens is 362 g/mol. The van der Waals surface area contributed by atoms with E-state index in [9.17, 15) is 9.59 Å². The van der Waals surface area contributed by atoms with Crippen molar-refractivity contribution < 1.29 is 18.8 Å². The number of hydrogen-bond donors (Lipinski definition) is 2. The van der Waals surface area contributed by atoms with Gasteiger partial charge in [0, 0.05) is 11.8 Å². The van der Waals surface area contributed by atoms with Gasteiger partial charge in [-0.25, -0.2) is 14.8 Å². The zero-order valence-corrected chi connectivity index (χ0v) is 15.6. The number of carbonyl (C=O) groups excluding carboxylic acids is 2. The molecule has 0 atom stereocenters. The van der Waals surface area contributed by atoms with E-state index in [0.29, 0.717) is 23.0 Å². The Morgan fingerprint density at radius 3 is 2.64 bits per heavy atom. The molecule has 9 nitrogen and oxygen atoms in total. The molecule has 1 amide bonds. The standard InChI is InChI=1S/C19H19N5O4/c1-4-27-18(26)13-7-5-6-8-14(13)21-17(25)15-9-11(2)20-19(22-15)23-16-10-12(3)28-24-16/h5-10H,4H2,1-3H3,(H,21,25)(H,20,22,23,24). The normalized spacial score (nSPS) is 10.4. The van der Waals surface area contributed by atoms with Gasteiger partial charge in [0.2, 0.25) is 5.95 Å². The number of aromatic nitrogens is 3. The van der Waals surface area contributed by atoms with E-state index in [-0.39, 0.29) is 23.8 Å². The monoisotopic (exact) mass is 381 g/mol. The smallest absolute Gasteiger partial charge is 0.340 e. The third-order valence-electron chi connectivity index (χ3n) is 3.63. The topological polar surface area (TPSA) is 119 Å². The Morgan fingerprint density at radius 2 is 1.93 bits per heavy atom. The minimum Gasteiger partial charge on any atom is -0.462 e. The molecule has 3 aromatic rings. The van der Waals surface area contributed by atoms with Crippen LogP contribution < -0.4 is 10.6 Å². The number of nitrogens with one attached hydrogen (secondary N) is 2. The van der Waals surface area contributed by atoms with Gasteiger partial charge in [0.15, 0.2) is 5.82 Å². The van der Waals surface area contributed by atoms with Gasteiger partial charge in [-0.15, -0.1) is 0 Å². The molecule has 0 saturated heterocycles. The number of aryl methyl sites for hydroxylation is 2. The summed E-state index contributed by atoms with van der Waals surface area (Å²) in [5.74, 6) is 0.269. The van der Waals surface area contributed by atoms with Gasteiger partial charge < -0.3 is 19.9 Å². The van der Waals surface area contributed by atoms with Crippen molar-refractivity contribution in [2.45, 2.75) is 20.8 Å². The minimum absolute atomic E-state index is 0.133. The van der Waals surface area contributed by atoms with E-state index in [1.54, 1.807) is 57.2 Å². The maximum Gasteiger partial charge on any atom is 0.340 e. The average Bonchev–Trinajstić information content (AvgIpc) is 3.06. The van der Waals surface area contributed by atoms with E-state index in [1.165, 1.54) is 0 Å². The summed E-state index contributed by atoms with van der Waals surface area (Å²) in [6.07, 6.45) is 0. The van der Waals surface area contributed by atoms with Gasteiger partial charge >= 0.3 is 5.97 Å². The van der Waals surface area contributed by atoms with Crippen LogP contribution in [0.3, 0.4) is 0 Å². The molecule has 3 rings (SSSR count). The summed E-state index contributed by atoms with van der Waals surface area (Å²) in [5.41, 5.74) is 1.32. The predicted molar refractivity (Wildman–Crippen MR) is 102 cm³/mol. The highest BCUT2D eigenvalue weighted by Gasteiger charge is 2.17.